The number of alkyl halides is 1. The van der Waals surface area contributed by atoms with Gasteiger partial charge in [0, 0.05) is 17.1 Å². The maximum atomic E-state index is 13.7. The summed E-state index contributed by atoms with van der Waals surface area (Å²) < 4.78 is 19.2. The van der Waals surface area contributed by atoms with Gasteiger partial charge in [-0.3, -0.25) is 4.79 Å². The fraction of sp³-hybridized carbons (Fsp3) is 0.500. The molecule has 0 aliphatic carbocycles. The van der Waals surface area contributed by atoms with E-state index in [1.807, 2.05) is 6.92 Å². The number of halogens is 3. The lowest BCUT2D eigenvalue weighted by molar-refractivity contribution is -0.142. The largest absolute Gasteiger partial charge is 0.373 e. The summed E-state index contributed by atoms with van der Waals surface area (Å²) in [7, 11) is 0. The lowest BCUT2D eigenvalue weighted by atomic mass is 10.1. The average molecular weight is 320 g/mol. The van der Waals surface area contributed by atoms with Crippen molar-refractivity contribution in [1.29, 1.82) is 0 Å². The van der Waals surface area contributed by atoms with E-state index >= 15 is 0 Å². The summed E-state index contributed by atoms with van der Waals surface area (Å²) >= 11 is 11.7. The number of carbonyl (C=O) groups excluding carboxylic acids is 1. The molecule has 1 aliphatic heterocycles. The second-order valence-corrected chi connectivity index (χ2v) is 5.60. The fourth-order valence-corrected chi connectivity index (χ4v) is 2.63. The van der Waals surface area contributed by atoms with Crippen LogP contribution in [0.15, 0.2) is 18.2 Å². The number of nitrogens with zero attached hydrogens (tertiary/aromatic N) is 1. The first-order valence-corrected chi connectivity index (χ1v) is 7.34. The topological polar surface area (TPSA) is 29.5 Å². The Morgan fingerprint density at radius 2 is 2.30 bits per heavy atom. The maximum Gasteiger partial charge on any atom is 0.227 e. The molecule has 0 N–H and O–H groups in total. The van der Waals surface area contributed by atoms with E-state index in [1.54, 1.807) is 11.0 Å². The molecule has 0 bridgehead atoms. The number of rotatable bonds is 3. The van der Waals surface area contributed by atoms with Crippen molar-refractivity contribution < 1.29 is 13.9 Å². The Morgan fingerprint density at radius 1 is 1.55 bits per heavy atom. The number of carbonyl (C=O) groups is 1. The van der Waals surface area contributed by atoms with E-state index in [1.165, 1.54) is 12.1 Å². The van der Waals surface area contributed by atoms with Gasteiger partial charge in [-0.25, -0.2) is 4.39 Å². The van der Waals surface area contributed by atoms with Gasteiger partial charge in [-0.05, 0) is 19.1 Å². The zero-order valence-corrected chi connectivity index (χ0v) is 12.6. The number of amides is 1. The fourth-order valence-electron chi connectivity index (χ4n) is 2.21. The van der Waals surface area contributed by atoms with E-state index in [-0.39, 0.29) is 35.1 Å². The van der Waals surface area contributed by atoms with Gasteiger partial charge in [-0.2, -0.15) is 0 Å². The second-order valence-electron chi connectivity index (χ2n) is 4.88. The van der Waals surface area contributed by atoms with Gasteiger partial charge < -0.3 is 9.64 Å². The quantitative estimate of drug-likeness (QED) is 0.802. The van der Waals surface area contributed by atoms with Gasteiger partial charge in [0.05, 0.1) is 31.1 Å². The Bertz CT molecular complexity index is 478. The second kappa shape index (κ2) is 6.74. The van der Waals surface area contributed by atoms with Crippen LogP contribution in [0.1, 0.15) is 12.5 Å². The van der Waals surface area contributed by atoms with Crippen LogP contribution in [-0.4, -0.2) is 42.0 Å². The van der Waals surface area contributed by atoms with Crippen LogP contribution in [-0.2, 0) is 16.0 Å². The molecule has 1 aromatic rings. The van der Waals surface area contributed by atoms with Gasteiger partial charge in [0.1, 0.15) is 5.82 Å². The van der Waals surface area contributed by atoms with Gasteiger partial charge in [0.25, 0.3) is 0 Å². The van der Waals surface area contributed by atoms with Gasteiger partial charge in [0.2, 0.25) is 5.91 Å². The summed E-state index contributed by atoms with van der Waals surface area (Å²) in [6, 6.07) is 4.36. The molecule has 0 spiro atoms. The van der Waals surface area contributed by atoms with Crippen molar-refractivity contribution >= 4 is 29.1 Å². The van der Waals surface area contributed by atoms with Crippen molar-refractivity contribution in [3.05, 3.63) is 34.6 Å². The van der Waals surface area contributed by atoms with E-state index in [0.29, 0.717) is 19.0 Å². The van der Waals surface area contributed by atoms with Gasteiger partial charge >= 0.3 is 0 Å². The van der Waals surface area contributed by atoms with Crippen LogP contribution in [0.2, 0.25) is 5.02 Å². The number of benzene rings is 1. The molecule has 20 heavy (non-hydrogen) atoms. The maximum absolute atomic E-state index is 13.7. The van der Waals surface area contributed by atoms with Crippen LogP contribution in [0.3, 0.4) is 0 Å². The third-order valence-corrected chi connectivity index (χ3v) is 4.09. The minimum atomic E-state index is -0.458. The van der Waals surface area contributed by atoms with Crippen molar-refractivity contribution in [2.24, 2.45) is 0 Å². The minimum Gasteiger partial charge on any atom is -0.373 e. The number of ether oxygens (including phenoxy) is 1. The molecule has 6 heteroatoms. The normalized spacial score (nSPS) is 22.9. The van der Waals surface area contributed by atoms with Crippen LogP contribution < -0.4 is 0 Å². The van der Waals surface area contributed by atoms with Gasteiger partial charge in [-0.15, -0.1) is 11.6 Å². The lowest BCUT2D eigenvalue weighted by Crippen LogP contribution is -2.52. The lowest BCUT2D eigenvalue weighted by Gasteiger charge is -2.37. The van der Waals surface area contributed by atoms with Crippen LogP contribution in [0, 0.1) is 5.82 Å². The summed E-state index contributed by atoms with van der Waals surface area (Å²) in [5.41, 5.74) is 0.236. The predicted octanol–water partition coefficient (Wildman–Crippen LogP) is 2.88. The molecule has 1 heterocycles. The van der Waals surface area contributed by atoms with Crippen LogP contribution in [0.4, 0.5) is 4.39 Å². The van der Waals surface area contributed by atoms with Crippen molar-refractivity contribution in [2.45, 2.75) is 25.5 Å². The summed E-state index contributed by atoms with van der Waals surface area (Å²) in [6.07, 6.45) is -0.224. The van der Waals surface area contributed by atoms with Crippen molar-refractivity contribution in [3.63, 3.8) is 0 Å². The van der Waals surface area contributed by atoms with Crippen molar-refractivity contribution in [2.75, 3.05) is 19.0 Å². The Morgan fingerprint density at radius 3 is 2.95 bits per heavy atom. The summed E-state index contributed by atoms with van der Waals surface area (Å²) in [6.45, 7) is 2.76. The minimum absolute atomic E-state index is 0.0486. The molecule has 0 saturated carbocycles. The summed E-state index contributed by atoms with van der Waals surface area (Å²) in [4.78, 5) is 14.0. The van der Waals surface area contributed by atoms with Crippen molar-refractivity contribution in [1.82, 2.24) is 4.90 Å². The molecule has 3 nitrogen and oxygen atoms in total. The number of morpholine rings is 1. The highest BCUT2D eigenvalue weighted by molar-refractivity contribution is 6.31. The van der Waals surface area contributed by atoms with E-state index in [0.717, 1.165) is 0 Å². The zero-order valence-electron chi connectivity index (χ0n) is 11.1. The van der Waals surface area contributed by atoms with Crippen LogP contribution in [0.5, 0.6) is 0 Å². The Labute approximate surface area is 127 Å². The molecule has 1 aliphatic rings. The third kappa shape index (κ3) is 3.43. The zero-order chi connectivity index (χ0) is 14.7. The predicted molar refractivity (Wildman–Crippen MR) is 76.7 cm³/mol. The van der Waals surface area contributed by atoms with Gasteiger partial charge in [0.15, 0.2) is 0 Å². The first kappa shape index (κ1) is 15.5. The Balaban J connectivity index is 2.11. The highest BCUT2D eigenvalue weighted by Gasteiger charge is 2.29. The Kier molecular flexibility index (Phi) is 5.24. The van der Waals surface area contributed by atoms with E-state index in [2.05, 4.69) is 0 Å². The summed E-state index contributed by atoms with van der Waals surface area (Å²) in [5.74, 6) is -0.291. The first-order valence-electron chi connectivity index (χ1n) is 6.42. The monoisotopic (exact) mass is 319 g/mol. The molecule has 1 amide bonds. The smallest absolute Gasteiger partial charge is 0.227 e. The molecule has 2 rings (SSSR count). The molecule has 2 unspecified atom stereocenters. The van der Waals surface area contributed by atoms with Crippen LogP contribution >= 0.6 is 23.2 Å². The highest BCUT2D eigenvalue weighted by atomic mass is 35.5. The molecule has 1 saturated heterocycles. The molecule has 110 valence electrons. The van der Waals surface area contributed by atoms with Gasteiger partial charge in [-0.1, -0.05) is 17.7 Å². The molecule has 0 radical (unpaired) electrons. The molecular formula is C14H16Cl2FNO2. The van der Waals surface area contributed by atoms with E-state index in [9.17, 15) is 9.18 Å². The van der Waals surface area contributed by atoms with E-state index < -0.39 is 5.82 Å². The van der Waals surface area contributed by atoms with Crippen molar-refractivity contribution in [3.8, 4) is 0 Å². The standard InChI is InChI=1S/C14H16Cl2FNO2/c1-9-8-20-10(6-15)7-18(9)14(19)5-11-12(16)3-2-4-13(11)17/h2-4,9-10H,5-8H2,1H3. The summed E-state index contributed by atoms with van der Waals surface area (Å²) in [5, 5.41) is 0.271. The molecule has 2 atom stereocenters. The van der Waals surface area contributed by atoms with E-state index in [4.69, 9.17) is 27.9 Å². The molecule has 0 aromatic heterocycles. The first-order chi connectivity index (χ1) is 9.52. The third-order valence-electron chi connectivity index (χ3n) is 3.39. The SMILES string of the molecule is CC1COC(CCl)CN1C(=O)Cc1c(F)cccc1Cl. The molecular weight excluding hydrogens is 304 g/mol. The molecule has 1 fully saturated rings. The number of hydrogen-bond donors (Lipinski definition) is 0. The molecule has 1 aromatic carbocycles. The Hall–Kier alpha value is -0.840. The highest BCUT2D eigenvalue weighted by Crippen LogP contribution is 2.21. The number of hydrogen-bond acceptors (Lipinski definition) is 2. The van der Waals surface area contributed by atoms with Crippen LogP contribution in [0.25, 0.3) is 0 Å². The average Bonchev–Trinajstić information content (AvgIpc) is 2.43.